The highest BCUT2D eigenvalue weighted by molar-refractivity contribution is 5.99. The van der Waals surface area contributed by atoms with Gasteiger partial charge in [0.05, 0.1) is 0 Å². The molecule has 0 bridgehead atoms. The molecule has 1 fully saturated rings. The fraction of sp³-hybridized carbons (Fsp3) is 0.364. The van der Waals surface area contributed by atoms with E-state index in [1.165, 1.54) is 5.56 Å². The van der Waals surface area contributed by atoms with Gasteiger partial charge in [-0.2, -0.15) is 0 Å². The van der Waals surface area contributed by atoms with Crippen LogP contribution in [0, 0.1) is 13.8 Å². The zero-order chi connectivity index (χ0) is 19.6. The quantitative estimate of drug-likeness (QED) is 0.887. The number of hydrogen-bond donors (Lipinski definition) is 1. The summed E-state index contributed by atoms with van der Waals surface area (Å²) in [5.74, 6) is 1.46. The zero-order valence-electron chi connectivity index (χ0n) is 16.3. The summed E-state index contributed by atoms with van der Waals surface area (Å²) < 4.78 is 5.64. The second-order valence-electron chi connectivity index (χ2n) is 7.46. The van der Waals surface area contributed by atoms with Crippen molar-refractivity contribution < 1.29 is 14.4 Å². The van der Waals surface area contributed by atoms with E-state index in [0.29, 0.717) is 25.9 Å². The van der Waals surface area contributed by atoms with E-state index < -0.39 is 5.72 Å². The molecule has 1 N–H and O–H groups in total. The number of carbonyl (C=O) groups excluding carboxylic acids is 1. The molecular weight excluding hydrogens is 354 g/mol. The van der Waals surface area contributed by atoms with Crippen LogP contribution in [0.4, 0.5) is 0 Å². The van der Waals surface area contributed by atoms with Crippen LogP contribution in [-0.4, -0.2) is 42.1 Å². The number of carbonyl (C=O) groups is 1. The third kappa shape index (κ3) is 4.02. The molecule has 2 heterocycles. The molecule has 1 amide bonds. The summed E-state index contributed by atoms with van der Waals surface area (Å²) in [6.07, 6.45) is 1.32. The third-order valence-electron chi connectivity index (χ3n) is 5.23. The maximum atomic E-state index is 12.5. The first-order chi connectivity index (χ1) is 13.5. The number of hydroxylamine groups is 1. The van der Waals surface area contributed by atoms with Crippen molar-refractivity contribution in [2.45, 2.75) is 32.4 Å². The monoisotopic (exact) mass is 379 g/mol. The molecule has 2 aromatic carbocycles. The molecule has 0 aliphatic carbocycles. The molecule has 0 atom stereocenters. The van der Waals surface area contributed by atoms with Crippen molar-refractivity contribution in [2.24, 2.45) is 4.99 Å². The maximum absolute atomic E-state index is 12.5. The summed E-state index contributed by atoms with van der Waals surface area (Å²) in [5, 5.41) is 0. The third-order valence-corrected chi connectivity index (χ3v) is 5.23. The lowest BCUT2D eigenvalue weighted by molar-refractivity contribution is -0.141. The van der Waals surface area contributed by atoms with Gasteiger partial charge >= 0.3 is 0 Å². The van der Waals surface area contributed by atoms with E-state index in [-0.39, 0.29) is 12.5 Å². The van der Waals surface area contributed by atoms with Gasteiger partial charge in [-0.25, -0.2) is 15.3 Å². The summed E-state index contributed by atoms with van der Waals surface area (Å²) in [5.41, 5.74) is 5.70. The molecule has 28 heavy (non-hydrogen) atoms. The van der Waals surface area contributed by atoms with E-state index in [4.69, 9.17) is 14.6 Å². The summed E-state index contributed by atoms with van der Waals surface area (Å²) in [7, 11) is 0. The number of nitrogens with one attached hydrogen (secondary N) is 1. The van der Waals surface area contributed by atoms with Crippen molar-refractivity contribution in [3.63, 3.8) is 0 Å². The Bertz CT molecular complexity index is 884. The SMILES string of the molecule is Cc1ccc(C2=NC3(CCN(C(=O)COc4cccc(C)c4)CC3)ON2)cc1. The first-order valence-electron chi connectivity index (χ1n) is 9.61. The van der Waals surface area contributed by atoms with Gasteiger partial charge in [0.25, 0.3) is 5.91 Å². The largest absolute Gasteiger partial charge is 0.484 e. The van der Waals surface area contributed by atoms with E-state index >= 15 is 0 Å². The maximum Gasteiger partial charge on any atom is 0.260 e. The molecule has 0 unspecified atom stereocenters. The number of piperidine rings is 1. The van der Waals surface area contributed by atoms with Gasteiger partial charge in [0.1, 0.15) is 5.75 Å². The van der Waals surface area contributed by atoms with Gasteiger partial charge in [0.15, 0.2) is 18.2 Å². The average Bonchev–Trinajstić information content (AvgIpc) is 3.11. The number of rotatable bonds is 4. The van der Waals surface area contributed by atoms with E-state index in [9.17, 15) is 4.79 Å². The average molecular weight is 379 g/mol. The second kappa shape index (κ2) is 7.64. The van der Waals surface area contributed by atoms with Crippen LogP contribution in [0.2, 0.25) is 0 Å². The lowest BCUT2D eigenvalue weighted by Crippen LogP contribution is -2.47. The fourth-order valence-electron chi connectivity index (χ4n) is 3.49. The molecule has 1 spiro atoms. The van der Waals surface area contributed by atoms with Crippen LogP contribution in [0.3, 0.4) is 0 Å². The number of aliphatic imine (C=N–C) groups is 1. The summed E-state index contributed by atoms with van der Waals surface area (Å²) in [6, 6.07) is 15.9. The standard InChI is InChI=1S/C22H25N3O3/c1-16-6-8-18(9-7-16)21-23-22(28-24-21)10-12-25(13-11-22)20(26)15-27-19-5-3-4-17(2)14-19/h3-9,14H,10-13,15H2,1-2H3,(H,23,24). The van der Waals surface area contributed by atoms with Gasteiger partial charge in [-0.1, -0.05) is 42.0 Å². The highest BCUT2D eigenvalue weighted by Gasteiger charge is 2.41. The number of likely N-dealkylation sites (tertiary alicyclic amines) is 1. The molecule has 0 aromatic heterocycles. The molecular formula is C22H25N3O3. The Morgan fingerprint density at radius 1 is 1.14 bits per heavy atom. The molecule has 1 saturated heterocycles. The molecule has 6 heteroatoms. The van der Waals surface area contributed by atoms with Gasteiger partial charge in [0, 0.05) is 31.5 Å². The molecule has 2 aliphatic rings. The van der Waals surface area contributed by atoms with Crippen molar-refractivity contribution in [3.8, 4) is 5.75 Å². The first-order valence-corrected chi connectivity index (χ1v) is 9.61. The van der Waals surface area contributed by atoms with E-state index in [1.807, 2.05) is 48.2 Å². The van der Waals surface area contributed by atoms with Crippen LogP contribution in [0.25, 0.3) is 0 Å². The van der Waals surface area contributed by atoms with Gasteiger partial charge in [-0.15, -0.1) is 0 Å². The fourth-order valence-corrected chi connectivity index (χ4v) is 3.49. The van der Waals surface area contributed by atoms with Crippen LogP contribution in [-0.2, 0) is 9.63 Å². The van der Waals surface area contributed by atoms with Crippen LogP contribution in [0.15, 0.2) is 53.5 Å². The van der Waals surface area contributed by atoms with Crippen LogP contribution < -0.4 is 10.2 Å². The van der Waals surface area contributed by atoms with Gasteiger partial charge in [-0.05, 0) is 31.5 Å². The van der Waals surface area contributed by atoms with E-state index in [0.717, 1.165) is 22.7 Å². The Labute approximate surface area is 165 Å². The first kappa shape index (κ1) is 18.5. The van der Waals surface area contributed by atoms with Crippen molar-refractivity contribution in [1.82, 2.24) is 10.4 Å². The molecule has 2 aromatic rings. The van der Waals surface area contributed by atoms with E-state index in [1.54, 1.807) is 0 Å². The molecule has 4 rings (SSSR count). The van der Waals surface area contributed by atoms with E-state index in [2.05, 4.69) is 24.5 Å². The number of ether oxygens (including phenoxy) is 1. The Morgan fingerprint density at radius 2 is 1.89 bits per heavy atom. The summed E-state index contributed by atoms with van der Waals surface area (Å²) in [4.78, 5) is 24.9. The lowest BCUT2D eigenvalue weighted by atomic mass is 10.0. The van der Waals surface area contributed by atoms with Gasteiger partial charge in [-0.3, -0.25) is 4.79 Å². The highest BCUT2D eigenvalue weighted by atomic mass is 16.7. The Morgan fingerprint density at radius 3 is 2.61 bits per heavy atom. The minimum Gasteiger partial charge on any atom is -0.484 e. The number of benzene rings is 2. The normalized spacial score (nSPS) is 17.9. The van der Waals surface area contributed by atoms with Gasteiger partial charge < -0.3 is 9.64 Å². The Balaban J connectivity index is 1.33. The predicted molar refractivity (Wildman–Crippen MR) is 107 cm³/mol. The molecule has 2 aliphatic heterocycles. The summed E-state index contributed by atoms with van der Waals surface area (Å²) >= 11 is 0. The number of hydrogen-bond acceptors (Lipinski definition) is 5. The lowest BCUT2D eigenvalue weighted by Gasteiger charge is -2.35. The topological polar surface area (TPSA) is 63.2 Å². The molecule has 0 saturated carbocycles. The Hall–Kier alpha value is -2.86. The number of amides is 1. The Kier molecular flexibility index (Phi) is 5.05. The van der Waals surface area contributed by atoms with Gasteiger partial charge in [0.2, 0.25) is 0 Å². The molecule has 146 valence electrons. The number of nitrogens with zero attached hydrogens (tertiary/aromatic N) is 2. The zero-order valence-corrected chi connectivity index (χ0v) is 16.3. The minimum absolute atomic E-state index is 0.00921. The van der Waals surface area contributed by atoms with Crippen molar-refractivity contribution in [3.05, 3.63) is 65.2 Å². The summed E-state index contributed by atoms with van der Waals surface area (Å²) in [6.45, 7) is 5.30. The van der Waals surface area contributed by atoms with Crippen molar-refractivity contribution >= 4 is 11.7 Å². The number of aryl methyl sites for hydroxylation is 2. The van der Waals surface area contributed by atoms with Crippen LogP contribution in [0.1, 0.15) is 29.5 Å². The molecule has 6 nitrogen and oxygen atoms in total. The molecule has 0 radical (unpaired) electrons. The smallest absolute Gasteiger partial charge is 0.260 e. The minimum atomic E-state index is -0.589. The predicted octanol–water partition coefficient (Wildman–Crippen LogP) is 2.98. The number of amidine groups is 1. The van der Waals surface area contributed by atoms with Crippen molar-refractivity contribution in [2.75, 3.05) is 19.7 Å². The van der Waals surface area contributed by atoms with Crippen LogP contribution in [0.5, 0.6) is 5.75 Å². The van der Waals surface area contributed by atoms with Crippen molar-refractivity contribution in [1.29, 1.82) is 0 Å². The van der Waals surface area contributed by atoms with Crippen LogP contribution >= 0.6 is 0 Å². The highest BCUT2D eigenvalue weighted by Crippen LogP contribution is 2.31. The second-order valence-corrected chi connectivity index (χ2v) is 7.46.